The van der Waals surface area contributed by atoms with Gasteiger partial charge in [0.2, 0.25) is 0 Å². The summed E-state index contributed by atoms with van der Waals surface area (Å²) < 4.78 is 5.84. The van der Waals surface area contributed by atoms with Gasteiger partial charge in [-0.25, -0.2) is 0 Å². The van der Waals surface area contributed by atoms with Crippen molar-refractivity contribution >= 4 is 5.96 Å². The fourth-order valence-corrected chi connectivity index (χ4v) is 2.18. The molecule has 1 aliphatic heterocycles. The Morgan fingerprint density at radius 3 is 2.71 bits per heavy atom. The molecule has 0 radical (unpaired) electrons. The molecule has 108 valence electrons. The summed E-state index contributed by atoms with van der Waals surface area (Å²) in [6.07, 6.45) is 1.10. The van der Waals surface area contributed by atoms with Crippen LogP contribution in [-0.2, 0) is 6.54 Å². The highest BCUT2D eigenvalue weighted by molar-refractivity contribution is 5.80. The second-order valence-electron chi connectivity index (χ2n) is 4.93. The van der Waals surface area contributed by atoms with E-state index in [9.17, 15) is 0 Å². The third-order valence-electron chi connectivity index (χ3n) is 3.23. The normalized spacial score (nSPS) is 14.0. The molecule has 2 aromatic rings. The highest BCUT2D eigenvalue weighted by Crippen LogP contribution is 2.21. The summed E-state index contributed by atoms with van der Waals surface area (Å²) >= 11 is 0. The van der Waals surface area contributed by atoms with E-state index in [0.29, 0.717) is 0 Å². The van der Waals surface area contributed by atoms with Gasteiger partial charge >= 0.3 is 0 Å². The zero-order valence-corrected chi connectivity index (χ0v) is 11.9. The van der Waals surface area contributed by atoms with Crippen LogP contribution in [0, 0.1) is 0 Å². The first-order chi connectivity index (χ1) is 10.4. The van der Waals surface area contributed by atoms with Crippen molar-refractivity contribution in [1.82, 2.24) is 10.6 Å². The molecule has 0 spiro atoms. The summed E-state index contributed by atoms with van der Waals surface area (Å²) in [5.41, 5.74) is 1.17. The standard InChI is InChI=1S/C17H19N3O/c1-2-7-15(8-3-1)21-16-9-4-6-14(12-16)13-20-17-18-10-5-11-19-17/h1-4,6-9,12H,5,10-11,13H2,(H2,18,19,20). The van der Waals surface area contributed by atoms with E-state index in [1.807, 2.05) is 48.5 Å². The number of para-hydroxylation sites is 1. The zero-order valence-electron chi connectivity index (χ0n) is 11.9. The van der Waals surface area contributed by atoms with Crippen LogP contribution in [-0.4, -0.2) is 19.0 Å². The quantitative estimate of drug-likeness (QED) is 0.905. The number of hydrogen-bond acceptors (Lipinski definition) is 4. The van der Waals surface area contributed by atoms with E-state index in [4.69, 9.17) is 4.74 Å². The van der Waals surface area contributed by atoms with Gasteiger partial charge in [-0.1, -0.05) is 30.3 Å². The number of guanidine groups is 1. The lowest BCUT2D eigenvalue weighted by molar-refractivity contribution is 0.482. The van der Waals surface area contributed by atoms with E-state index in [-0.39, 0.29) is 0 Å². The summed E-state index contributed by atoms with van der Waals surface area (Å²) in [7, 11) is 0. The Morgan fingerprint density at radius 1 is 1.05 bits per heavy atom. The zero-order chi connectivity index (χ0) is 14.3. The van der Waals surface area contributed by atoms with Gasteiger partial charge in [0.05, 0.1) is 0 Å². The predicted molar refractivity (Wildman–Crippen MR) is 84.7 cm³/mol. The third-order valence-corrected chi connectivity index (χ3v) is 3.23. The fourth-order valence-electron chi connectivity index (χ4n) is 2.18. The van der Waals surface area contributed by atoms with Crippen LogP contribution >= 0.6 is 0 Å². The molecule has 0 aliphatic carbocycles. The average Bonchev–Trinajstić information content (AvgIpc) is 2.55. The number of nitrogens with one attached hydrogen (secondary N) is 2. The van der Waals surface area contributed by atoms with Crippen molar-refractivity contribution in [3.05, 3.63) is 60.2 Å². The molecule has 0 fully saturated rings. The van der Waals surface area contributed by atoms with E-state index in [1.54, 1.807) is 0 Å². The van der Waals surface area contributed by atoms with Gasteiger partial charge in [-0.3, -0.25) is 4.99 Å². The van der Waals surface area contributed by atoms with Crippen molar-refractivity contribution in [3.8, 4) is 11.5 Å². The molecule has 1 heterocycles. The number of ether oxygens (including phenoxy) is 1. The Kier molecular flexibility index (Phi) is 4.36. The Morgan fingerprint density at radius 2 is 1.90 bits per heavy atom. The maximum absolute atomic E-state index is 5.84. The molecule has 0 unspecified atom stereocenters. The third kappa shape index (κ3) is 3.99. The highest BCUT2D eigenvalue weighted by atomic mass is 16.5. The molecule has 0 saturated carbocycles. The Bertz CT molecular complexity index is 610. The van der Waals surface area contributed by atoms with Gasteiger partial charge in [-0.15, -0.1) is 0 Å². The maximum Gasteiger partial charge on any atom is 0.191 e. The molecule has 3 rings (SSSR count). The van der Waals surface area contributed by atoms with Crippen LogP contribution in [0.2, 0.25) is 0 Å². The fraction of sp³-hybridized carbons (Fsp3) is 0.235. The first kappa shape index (κ1) is 13.5. The molecule has 0 atom stereocenters. The van der Waals surface area contributed by atoms with E-state index in [2.05, 4.69) is 21.7 Å². The van der Waals surface area contributed by atoms with Crippen LogP contribution in [0.25, 0.3) is 0 Å². The molecule has 4 heteroatoms. The van der Waals surface area contributed by atoms with E-state index in [1.165, 1.54) is 5.56 Å². The molecular weight excluding hydrogens is 262 g/mol. The molecule has 2 aromatic carbocycles. The largest absolute Gasteiger partial charge is 0.457 e. The van der Waals surface area contributed by atoms with Gasteiger partial charge in [0.1, 0.15) is 11.5 Å². The molecule has 0 bridgehead atoms. The molecule has 0 amide bonds. The minimum atomic E-state index is 0.734. The monoisotopic (exact) mass is 281 g/mol. The lowest BCUT2D eigenvalue weighted by Gasteiger charge is -2.16. The highest BCUT2D eigenvalue weighted by Gasteiger charge is 2.04. The summed E-state index contributed by atoms with van der Waals surface area (Å²) in [5, 5.41) is 6.56. The number of rotatable bonds is 4. The summed E-state index contributed by atoms with van der Waals surface area (Å²) in [6, 6.07) is 17.9. The van der Waals surface area contributed by atoms with Gasteiger partial charge in [0, 0.05) is 19.6 Å². The smallest absolute Gasteiger partial charge is 0.191 e. The van der Waals surface area contributed by atoms with Crippen LogP contribution in [0.15, 0.2) is 59.6 Å². The van der Waals surface area contributed by atoms with E-state index >= 15 is 0 Å². The Labute approximate surface area is 124 Å². The molecule has 0 saturated heterocycles. The first-order valence-electron chi connectivity index (χ1n) is 7.24. The lowest BCUT2D eigenvalue weighted by atomic mass is 10.2. The van der Waals surface area contributed by atoms with Crippen molar-refractivity contribution in [3.63, 3.8) is 0 Å². The van der Waals surface area contributed by atoms with Gasteiger partial charge in [0.15, 0.2) is 5.96 Å². The predicted octanol–water partition coefficient (Wildman–Crippen LogP) is 2.92. The average molecular weight is 281 g/mol. The summed E-state index contributed by atoms with van der Waals surface area (Å²) in [6.45, 7) is 2.62. The second-order valence-corrected chi connectivity index (χ2v) is 4.93. The van der Waals surface area contributed by atoms with Crippen molar-refractivity contribution in [2.75, 3.05) is 13.1 Å². The SMILES string of the molecule is c1ccc(Oc2cccc(CNC3=NCCCN3)c2)cc1. The Balaban J connectivity index is 1.61. The van der Waals surface area contributed by atoms with Crippen molar-refractivity contribution in [2.45, 2.75) is 13.0 Å². The number of aliphatic imine (C=N–C) groups is 1. The van der Waals surface area contributed by atoms with Gasteiger partial charge in [0.25, 0.3) is 0 Å². The molecule has 1 aliphatic rings. The van der Waals surface area contributed by atoms with Crippen LogP contribution in [0.1, 0.15) is 12.0 Å². The van der Waals surface area contributed by atoms with Crippen molar-refractivity contribution in [2.24, 2.45) is 4.99 Å². The Hall–Kier alpha value is -2.49. The number of hydrogen-bond donors (Lipinski definition) is 2. The molecule has 2 N–H and O–H groups in total. The van der Waals surface area contributed by atoms with Crippen LogP contribution in [0.4, 0.5) is 0 Å². The van der Waals surface area contributed by atoms with E-state index in [0.717, 1.165) is 43.5 Å². The minimum Gasteiger partial charge on any atom is -0.457 e. The lowest BCUT2D eigenvalue weighted by Crippen LogP contribution is -2.40. The van der Waals surface area contributed by atoms with Gasteiger partial charge < -0.3 is 15.4 Å². The first-order valence-corrected chi connectivity index (χ1v) is 7.24. The summed E-state index contributed by atoms with van der Waals surface area (Å²) in [5.74, 6) is 2.58. The van der Waals surface area contributed by atoms with Crippen LogP contribution < -0.4 is 15.4 Å². The van der Waals surface area contributed by atoms with Gasteiger partial charge in [-0.05, 0) is 36.2 Å². The molecule has 0 aromatic heterocycles. The minimum absolute atomic E-state index is 0.734. The van der Waals surface area contributed by atoms with Crippen LogP contribution in [0.3, 0.4) is 0 Å². The van der Waals surface area contributed by atoms with Crippen molar-refractivity contribution in [1.29, 1.82) is 0 Å². The topological polar surface area (TPSA) is 45.6 Å². The second kappa shape index (κ2) is 6.79. The molecule has 21 heavy (non-hydrogen) atoms. The molecular formula is C17H19N3O. The van der Waals surface area contributed by atoms with Crippen LogP contribution in [0.5, 0.6) is 11.5 Å². The maximum atomic E-state index is 5.84. The van der Waals surface area contributed by atoms with Crippen molar-refractivity contribution < 1.29 is 4.74 Å². The van der Waals surface area contributed by atoms with Gasteiger partial charge in [-0.2, -0.15) is 0 Å². The number of nitrogens with zero attached hydrogens (tertiary/aromatic N) is 1. The molecule has 4 nitrogen and oxygen atoms in total. The van der Waals surface area contributed by atoms with E-state index < -0.39 is 0 Å². The number of benzene rings is 2. The summed E-state index contributed by atoms with van der Waals surface area (Å²) in [4.78, 5) is 4.40.